The quantitative estimate of drug-likeness (QED) is 0.149. The van der Waals surface area contributed by atoms with Crippen LogP contribution in [0, 0.1) is 12.1 Å². The average molecular weight is 932 g/mol. The van der Waals surface area contributed by atoms with E-state index < -0.39 is 60.4 Å². The molecule has 6 heteroatoms. The van der Waals surface area contributed by atoms with Gasteiger partial charge in [0.05, 0.1) is 19.4 Å². The molecule has 1 aliphatic heterocycles. The zero-order valence-electron chi connectivity index (χ0n) is 41.8. The molecule has 0 saturated heterocycles. The molecule has 282 valence electrons. The number of para-hydroxylation sites is 2. The van der Waals surface area contributed by atoms with E-state index in [1.807, 2.05) is 67.4 Å². The van der Waals surface area contributed by atoms with Gasteiger partial charge in [-0.3, -0.25) is 0 Å². The number of aromatic nitrogens is 2. The Labute approximate surface area is 363 Å². The second-order valence-electron chi connectivity index (χ2n) is 14.7. The van der Waals surface area contributed by atoms with Crippen molar-refractivity contribution < 1.29 is 39.5 Å². The summed E-state index contributed by atoms with van der Waals surface area (Å²) in [6, 6.07) is 28.2. The number of rotatable bonds is 7. The van der Waals surface area contributed by atoms with Gasteiger partial charge in [-0.2, -0.15) is 12.1 Å². The Morgan fingerprint density at radius 2 is 1.33 bits per heavy atom. The Kier molecular flexibility index (Phi) is 7.42. The predicted octanol–water partition coefficient (Wildman–Crippen LogP) is 13.2. The van der Waals surface area contributed by atoms with Crippen molar-refractivity contribution in [3.05, 3.63) is 193 Å². The van der Waals surface area contributed by atoms with Crippen LogP contribution in [-0.4, -0.2) is 9.55 Å². The van der Waals surface area contributed by atoms with Crippen molar-refractivity contribution in [2.75, 3.05) is 9.80 Å². The molecule has 9 rings (SSSR count). The third-order valence-electron chi connectivity index (χ3n) is 9.71. The van der Waals surface area contributed by atoms with Crippen LogP contribution in [0.25, 0.3) is 49.9 Å². The van der Waals surface area contributed by atoms with E-state index in [9.17, 15) is 0 Å². The number of fused-ring (bicyclic) bond motifs is 3. The SMILES string of the molecule is [2H]c1c([2H])c([2H])c(-c2cccc(-c3c([2H])c([2H])c([2H])c([2H])c3[2H])c2N2C=CN(c3[c-]c(Oc4[c-]c5c(cc4)c4ccccc4n5-c4cc(C(C)(C)C)ccn4)ccc3)C2=C(C)C)c([2H])c1[2H].[Pt+2]. The molecule has 0 bridgehead atoms. The number of anilines is 2. The van der Waals surface area contributed by atoms with E-state index in [2.05, 4.69) is 55.7 Å². The Morgan fingerprint density at radius 1 is 0.684 bits per heavy atom. The maximum atomic E-state index is 8.96. The zero-order valence-corrected chi connectivity index (χ0v) is 34.1. The third-order valence-corrected chi connectivity index (χ3v) is 9.71. The van der Waals surface area contributed by atoms with Gasteiger partial charge in [0.1, 0.15) is 11.6 Å². The summed E-state index contributed by atoms with van der Waals surface area (Å²) in [4.78, 5) is 8.38. The smallest absolute Gasteiger partial charge is 0.509 e. The predicted molar refractivity (Wildman–Crippen MR) is 231 cm³/mol. The Bertz CT molecular complexity index is 3250. The van der Waals surface area contributed by atoms with Crippen LogP contribution in [0.5, 0.6) is 11.5 Å². The van der Waals surface area contributed by atoms with Gasteiger partial charge in [-0.15, -0.1) is 35.7 Å². The first-order valence-electron chi connectivity index (χ1n) is 23.2. The van der Waals surface area contributed by atoms with Crippen molar-refractivity contribution in [3.63, 3.8) is 0 Å². The fraction of sp³-hybridized carbons (Fsp3) is 0.118. The van der Waals surface area contributed by atoms with Gasteiger partial charge in [0.2, 0.25) is 0 Å². The first-order valence-corrected chi connectivity index (χ1v) is 18.2. The van der Waals surface area contributed by atoms with Crippen LogP contribution < -0.4 is 14.5 Å². The minimum absolute atomic E-state index is 0. The van der Waals surface area contributed by atoms with E-state index in [1.54, 1.807) is 41.6 Å². The molecule has 0 atom stereocenters. The number of ether oxygens (including phenoxy) is 1. The van der Waals surface area contributed by atoms with Crippen molar-refractivity contribution in [2.24, 2.45) is 0 Å². The summed E-state index contributed by atoms with van der Waals surface area (Å²) in [5.74, 6) is 2.15. The van der Waals surface area contributed by atoms with Crippen LogP contribution in [0.3, 0.4) is 0 Å². The molecule has 0 N–H and O–H groups in total. The summed E-state index contributed by atoms with van der Waals surface area (Å²) < 4.78 is 95.1. The van der Waals surface area contributed by atoms with Crippen LogP contribution in [-0.2, 0) is 26.5 Å². The van der Waals surface area contributed by atoms with Crippen LogP contribution in [0.15, 0.2) is 175 Å². The Balaban J connectivity index is 0.00000608. The van der Waals surface area contributed by atoms with Crippen LogP contribution >= 0.6 is 0 Å². The summed E-state index contributed by atoms with van der Waals surface area (Å²) >= 11 is 0. The summed E-state index contributed by atoms with van der Waals surface area (Å²) in [7, 11) is 0. The molecule has 2 aromatic heterocycles. The fourth-order valence-electron chi connectivity index (χ4n) is 7.16. The zero-order chi connectivity index (χ0) is 47.1. The van der Waals surface area contributed by atoms with Crippen LogP contribution in [0.1, 0.15) is 53.9 Å². The number of nitrogens with zero attached hydrogens (tertiary/aromatic N) is 4. The standard InChI is InChI=1S/C51H42N4O.Pt/c1-35(2)50-53(30-31-54(50)49-42(36-16-8-6-9-17-36)23-15-24-43(49)37-18-10-7-11-19-37)39-20-14-21-40(33-39)56-41-26-27-45-44-22-12-13-25-46(44)55(47(45)34-41)48-32-38(28-29-52-48)51(3,4)5;/h6-32H,1-5H3;/q-2;+2/i6D,7D,8D,9D,10D,11D,16D,17D,18D,19D;. The van der Waals surface area contributed by atoms with Crippen LogP contribution in [0.4, 0.5) is 11.4 Å². The molecule has 1 aliphatic rings. The monoisotopic (exact) mass is 931 g/mol. The molecule has 5 nitrogen and oxygen atoms in total. The topological polar surface area (TPSA) is 33.5 Å². The third kappa shape index (κ3) is 7.09. The molecule has 6 aromatic carbocycles. The number of pyridine rings is 1. The van der Waals surface area contributed by atoms with E-state index in [4.69, 9.17) is 23.4 Å². The number of allylic oxidation sites excluding steroid dienone is 1. The van der Waals surface area contributed by atoms with Crippen LogP contribution in [0.2, 0.25) is 0 Å². The number of hydrogen-bond donors (Lipinski definition) is 0. The molecule has 0 unspecified atom stereocenters. The van der Waals surface area contributed by atoms with Gasteiger partial charge in [0, 0.05) is 46.7 Å². The van der Waals surface area contributed by atoms with E-state index in [1.165, 1.54) is 0 Å². The second kappa shape index (κ2) is 15.4. The number of benzene rings is 6. The van der Waals surface area contributed by atoms with Gasteiger partial charge in [-0.25, -0.2) is 4.98 Å². The Hall–Kier alpha value is -6.16. The van der Waals surface area contributed by atoms with Gasteiger partial charge in [0.25, 0.3) is 0 Å². The normalized spacial score (nSPS) is 15.1. The summed E-state index contributed by atoms with van der Waals surface area (Å²) in [5.41, 5.74) is 4.54. The fourth-order valence-corrected chi connectivity index (χ4v) is 7.16. The summed E-state index contributed by atoms with van der Waals surface area (Å²) in [5, 5.41) is 2.04. The molecule has 0 fully saturated rings. The molecule has 3 heterocycles. The second-order valence-corrected chi connectivity index (χ2v) is 14.7. The molecule has 0 aliphatic carbocycles. The molecule has 0 spiro atoms. The molecular weight excluding hydrogens is 880 g/mol. The van der Waals surface area contributed by atoms with Crippen molar-refractivity contribution in [1.82, 2.24) is 9.55 Å². The van der Waals surface area contributed by atoms with E-state index >= 15 is 0 Å². The van der Waals surface area contributed by atoms with E-state index in [-0.39, 0.29) is 54.4 Å². The van der Waals surface area contributed by atoms with Gasteiger partial charge in [-0.05, 0) is 65.1 Å². The van der Waals surface area contributed by atoms with Gasteiger partial charge in [0.15, 0.2) is 0 Å². The van der Waals surface area contributed by atoms with Crippen molar-refractivity contribution in [2.45, 2.75) is 40.0 Å². The molecule has 0 saturated carbocycles. The first-order chi connectivity index (χ1) is 31.4. The molecule has 0 radical (unpaired) electrons. The molecule has 8 aromatic rings. The summed E-state index contributed by atoms with van der Waals surface area (Å²) in [6.07, 6.45) is 5.33. The average Bonchev–Trinajstić information content (AvgIpc) is 3.89. The maximum absolute atomic E-state index is 8.96. The van der Waals surface area contributed by atoms with Gasteiger partial charge < -0.3 is 19.1 Å². The largest absolute Gasteiger partial charge is 2.00 e. The van der Waals surface area contributed by atoms with Crippen molar-refractivity contribution in [3.8, 4) is 39.6 Å². The van der Waals surface area contributed by atoms with E-state index in [0.29, 0.717) is 23.0 Å². The van der Waals surface area contributed by atoms with Crippen molar-refractivity contribution >= 4 is 33.2 Å². The van der Waals surface area contributed by atoms with Crippen molar-refractivity contribution in [1.29, 1.82) is 0 Å². The summed E-state index contributed by atoms with van der Waals surface area (Å²) in [6.45, 7) is 10.3. The van der Waals surface area contributed by atoms with E-state index in [0.717, 1.165) is 38.8 Å². The number of hydrogen-bond acceptors (Lipinski definition) is 4. The molecule has 57 heavy (non-hydrogen) atoms. The maximum Gasteiger partial charge on any atom is 2.00 e. The Morgan fingerprint density at radius 3 is 2.02 bits per heavy atom. The van der Waals surface area contributed by atoms with Gasteiger partial charge >= 0.3 is 21.1 Å². The minimum Gasteiger partial charge on any atom is -0.509 e. The molecule has 0 amide bonds. The van der Waals surface area contributed by atoms with Gasteiger partial charge in [-0.1, -0.05) is 129 Å². The molecular formula is C51H42N4OPt. The minimum atomic E-state index is -0.560. The first kappa shape index (κ1) is 27.4.